The Morgan fingerprint density at radius 3 is 2.67 bits per heavy atom. The predicted octanol–water partition coefficient (Wildman–Crippen LogP) is 7.53. The van der Waals surface area contributed by atoms with Gasteiger partial charge in [0.2, 0.25) is 5.13 Å². The van der Waals surface area contributed by atoms with Gasteiger partial charge in [-0.3, -0.25) is 18.9 Å². The van der Waals surface area contributed by atoms with E-state index in [0.29, 0.717) is 50.8 Å². The number of aromatic nitrogens is 4. The number of nitrogens with zero attached hydrogens (tertiary/aromatic N) is 5. The highest BCUT2D eigenvalue weighted by Crippen LogP contribution is 2.46. The summed E-state index contributed by atoms with van der Waals surface area (Å²) in [6.45, 7) is 7.92. The number of ether oxygens (including phenoxy) is 2. The van der Waals surface area contributed by atoms with Crippen LogP contribution in [0.4, 0.5) is 5.13 Å². The van der Waals surface area contributed by atoms with Gasteiger partial charge in [0.05, 0.1) is 23.9 Å². The molecule has 1 atom stereocenters. The minimum Gasteiger partial charge on any atom is -0.505 e. The molecular weight excluding hydrogens is 659 g/mol. The van der Waals surface area contributed by atoms with Crippen LogP contribution in [-0.2, 0) is 15.3 Å². The van der Waals surface area contributed by atoms with E-state index in [0.717, 1.165) is 16.3 Å². The molecule has 246 valence electrons. The first-order chi connectivity index (χ1) is 23.9. The lowest BCUT2D eigenvalue weighted by atomic mass is 9.96. The van der Waals surface area contributed by atoms with Crippen LogP contribution in [0.15, 0.2) is 108 Å². The van der Waals surface area contributed by atoms with Crippen molar-refractivity contribution < 1.29 is 24.2 Å². The first kappa shape index (κ1) is 32.1. The van der Waals surface area contributed by atoms with Crippen LogP contribution in [0, 0.1) is 6.92 Å². The van der Waals surface area contributed by atoms with Crippen molar-refractivity contribution in [1.29, 1.82) is 0 Å². The number of hydrogen-bond acceptors (Lipinski definition) is 10. The highest BCUT2D eigenvalue weighted by Gasteiger charge is 2.49. The number of benzene rings is 3. The highest BCUT2D eigenvalue weighted by atomic mass is 32.2. The van der Waals surface area contributed by atoms with Crippen LogP contribution in [0.25, 0.3) is 22.2 Å². The molecule has 0 aliphatic carbocycles. The van der Waals surface area contributed by atoms with Gasteiger partial charge in [-0.15, -0.1) is 10.2 Å². The third kappa shape index (κ3) is 5.93. The number of Topliss-reactive ketones (excluding diaryl/α,β-unsaturated/α-hetero) is 1. The summed E-state index contributed by atoms with van der Waals surface area (Å²) in [5, 5.41) is 23.2. The molecule has 12 heteroatoms. The fraction of sp³-hybridized carbons (Fsp3) is 0.162. The molecule has 3 aromatic carbocycles. The van der Waals surface area contributed by atoms with Crippen molar-refractivity contribution in [3.63, 3.8) is 0 Å². The number of carbonyl (C=O) groups excluding carboxylic acids is 2. The van der Waals surface area contributed by atoms with E-state index in [2.05, 4.69) is 46.0 Å². The zero-order valence-electron chi connectivity index (χ0n) is 26.7. The molecule has 7 rings (SSSR count). The molecule has 1 saturated heterocycles. The maximum absolute atomic E-state index is 14.0. The normalized spacial score (nSPS) is 15.7. The maximum atomic E-state index is 14.0. The Morgan fingerprint density at radius 1 is 1.02 bits per heavy atom. The van der Waals surface area contributed by atoms with Gasteiger partial charge in [0.15, 0.2) is 21.6 Å². The molecule has 0 bridgehead atoms. The van der Waals surface area contributed by atoms with Crippen LogP contribution < -0.4 is 14.4 Å². The van der Waals surface area contributed by atoms with Crippen molar-refractivity contribution in [3.8, 4) is 11.5 Å². The lowest BCUT2D eigenvalue weighted by Gasteiger charge is -2.23. The molecule has 4 heterocycles. The van der Waals surface area contributed by atoms with Crippen LogP contribution in [0.5, 0.6) is 11.5 Å². The van der Waals surface area contributed by atoms with Crippen LogP contribution in [0.1, 0.15) is 35.5 Å². The summed E-state index contributed by atoms with van der Waals surface area (Å²) < 4.78 is 14.1. The van der Waals surface area contributed by atoms with Gasteiger partial charge in [0, 0.05) is 11.9 Å². The number of amides is 1. The van der Waals surface area contributed by atoms with E-state index in [1.807, 2.05) is 31.2 Å². The number of anilines is 1. The van der Waals surface area contributed by atoms with E-state index in [9.17, 15) is 14.7 Å². The third-order valence-electron chi connectivity index (χ3n) is 8.15. The lowest BCUT2D eigenvalue weighted by molar-refractivity contribution is -0.132. The van der Waals surface area contributed by atoms with Crippen molar-refractivity contribution in [2.45, 2.75) is 30.0 Å². The maximum Gasteiger partial charge on any atom is 0.301 e. The Morgan fingerprint density at radius 2 is 1.84 bits per heavy atom. The fourth-order valence-electron chi connectivity index (χ4n) is 6.02. The summed E-state index contributed by atoms with van der Waals surface area (Å²) in [4.78, 5) is 33.8. The SMILES string of the molecule is C=CCOc1ccc(C2/C(=C(\O)c3c(C)nc4ccccn34)C(=O)C(=O)N2c2nnc(SCc3cccc4ccccc34)s2)cc1OCC. The second-order valence-electron chi connectivity index (χ2n) is 11.2. The Bertz CT molecular complexity index is 2270. The van der Waals surface area contributed by atoms with Gasteiger partial charge in [0.1, 0.15) is 17.9 Å². The molecule has 1 aliphatic rings. The lowest BCUT2D eigenvalue weighted by Crippen LogP contribution is -2.29. The molecule has 49 heavy (non-hydrogen) atoms. The van der Waals surface area contributed by atoms with Crippen molar-refractivity contribution in [3.05, 3.63) is 126 Å². The average Bonchev–Trinajstić information content (AvgIpc) is 3.79. The van der Waals surface area contributed by atoms with E-state index < -0.39 is 17.7 Å². The molecule has 1 amide bonds. The Kier molecular flexibility index (Phi) is 8.89. The van der Waals surface area contributed by atoms with Gasteiger partial charge >= 0.3 is 5.91 Å². The smallest absolute Gasteiger partial charge is 0.301 e. The molecule has 10 nitrogen and oxygen atoms in total. The molecule has 6 aromatic rings. The Balaban J connectivity index is 1.32. The first-order valence-corrected chi connectivity index (χ1v) is 17.4. The summed E-state index contributed by atoms with van der Waals surface area (Å²) in [5.74, 6) is -0.495. The number of ketones is 1. The summed E-state index contributed by atoms with van der Waals surface area (Å²) in [5.41, 5.74) is 2.97. The van der Waals surface area contributed by atoms with Crippen LogP contribution in [0.2, 0.25) is 0 Å². The number of fused-ring (bicyclic) bond motifs is 2. The summed E-state index contributed by atoms with van der Waals surface area (Å²) in [6, 6.07) is 23.9. The number of carbonyl (C=O) groups is 2. The standard InChI is InChI=1S/C37H31N5O5S2/c1-4-19-47-27-17-16-24(20-28(27)46-5-2)32-30(33(43)31-22(3)38-29-15-8-9-18-41(29)31)34(44)35(45)42(32)36-39-40-37(49-36)48-21-25-13-10-12-23-11-6-7-14-26(23)25/h4,6-18,20,32,43H,1,5,19,21H2,2-3H3/b33-30+. The molecule has 0 radical (unpaired) electrons. The number of imidazole rings is 1. The number of rotatable bonds is 11. The van der Waals surface area contributed by atoms with E-state index in [-0.39, 0.29) is 23.1 Å². The second kappa shape index (κ2) is 13.6. The molecule has 1 unspecified atom stereocenters. The zero-order valence-corrected chi connectivity index (χ0v) is 28.3. The summed E-state index contributed by atoms with van der Waals surface area (Å²) >= 11 is 2.71. The van der Waals surface area contributed by atoms with Crippen molar-refractivity contribution >= 4 is 62.1 Å². The number of hydrogen-bond donors (Lipinski definition) is 1. The van der Waals surface area contributed by atoms with Gasteiger partial charge < -0.3 is 14.6 Å². The minimum absolute atomic E-state index is 0.0962. The van der Waals surface area contributed by atoms with Crippen molar-refractivity contribution in [2.75, 3.05) is 18.1 Å². The monoisotopic (exact) mass is 689 g/mol. The van der Waals surface area contributed by atoms with Gasteiger partial charge in [-0.2, -0.15) is 0 Å². The quantitative estimate of drug-likeness (QED) is 0.0368. The minimum atomic E-state index is -1.05. The Hall–Kier alpha value is -5.46. The number of aryl methyl sites for hydroxylation is 1. The zero-order chi connectivity index (χ0) is 34.1. The Labute approximate surface area is 290 Å². The van der Waals surface area contributed by atoms with Gasteiger partial charge in [-0.05, 0) is 60.0 Å². The van der Waals surface area contributed by atoms with E-state index in [1.54, 1.807) is 53.9 Å². The summed E-state index contributed by atoms with van der Waals surface area (Å²) in [7, 11) is 0. The van der Waals surface area contributed by atoms with Gasteiger partial charge in [0.25, 0.3) is 5.78 Å². The van der Waals surface area contributed by atoms with E-state index in [4.69, 9.17) is 9.47 Å². The molecule has 1 aliphatic heterocycles. The van der Waals surface area contributed by atoms with Crippen molar-refractivity contribution in [2.24, 2.45) is 0 Å². The third-order valence-corrected chi connectivity index (χ3v) is 10.3. The van der Waals surface area contributed by atoms with E-state index >= 15 is 0 Å². The number of thioether (sulfide) groups is 1. The molecule has 1 N–H and O–H groups in total. The number of pyridine rings is 1. The first-order valence-electron chi connectivity index (χ1n) is 15.6. The predicted molar refractivity (Wildman–Crippen MR) is 191 cm³/mol. The number of aliphatic hydroxyl groups excluding tert-OH is 1. The van der Waals surface area contributed by atoms with Crippen molar-refractivity contribution in [1.82, 2.24) is 19.6 Å². The van der Waals surface area contributed by atoms with E-state index in [1.165, 1.54) is 28.0 Å². The molecular formula is C37H31N5O5S2. The highest BCUT2D eigenvalue weighted by molar-refractivity contribution is 8.00. The number of aliphatic hydroxyl groups is 1. The van der Waals surface area contributed by atoms with Gasteiger partial charge in [-0.25, -0.2) is 4.98 Å². The topological polar surface area (TPSA) is 119 Å². The average molecular weight is 690 g/mol. The molecule has 0 saturated carbocycles. The molecule has 3 aromatic heterocycles. The van der Waals surface area contributed by atoms with Crippen LogP contribution >= 0.6 is 23.1 Å². The largest absolute Gasteiger partial charge is 0.505 e. The summed E-state index contributed by atoms with van der Waals surface area (Å²) in [6.07, 6.45) is 3.38. The van der Waals surface area contributed by atoms with Crippen LogP contribution in [-0.4, -0.2) is 49.6 Å². The van der Waals surface area contributed by atoms with Crippen LogP contribution in [0.3, 0.4) is 0 Å². The molecule has 0 spiro atoms. The molecule has 1 fully saturated rings. The second-order valence-corrected chi connectivity index (χ2v) is 13.3. The fourth-order valence-corrected chi connectivity index (χ4v) is 7.89. The van der Waals surface area contributed by atoms with Gasteiger partial charge in [-0.1, -0.05) is 90.4 Å².